The van der Waals surface area contributed by atoms with Crippen molar-refractivity contribution in [2.24, 2.45) is 0 Å². The molecule has 2 saturated heterocycles. The van der Waals surface area contributed by atoms with E-state index in [0.29, 0.717) is 18.5 Å². The molecule has 6 nitrogen and oxygen atoms in total. The molecule has 0 aliphatic carbocycles. The van der Waals surface area contributed by atoms with E-state index in [1.165, 1.54) is 0 Å². The van der Waals surface area contributed by atoms with Gasteiger partial charge >= 0.3 is 5.97 Å². The predicted molar refractivity (Wildman–Crippen MR) is 98.4 cm³/mol. The molecule has 0 aromatic heterocycles. The third kappa shape index (κ3) is 5.05. The van der Waals surface area contributed by atoms with Crippen molar-refractivity contribution in [1.82, 2.24) is 9.80 Å². The number of aromatic carboxylic acids is 1. The lowest BCUT2D eigenvalue weighted by atomic mass is 9.89. The summed E-state index contributed by atoms with van der Waals surface area (Å²) in [4.78, 5) is 28.1. The zero-order valence-electron chi connectivity index (χ0n) is 15.2. The first-order chi connectivity index (χ1) is 12.6. The fourth-order valence-corrected chi connectivity index (χ4v) is 3.84. The van der Waals surface area contributed by atoms with Crippen LogP contribution in [0.25, 0.3) is 0 Å². The number of benzene rings is 1. The molecular weight excluding hydrogens is 332 g/mol. The maximum Gasteiger partial charge on any atom is 0.335 e. The Morgan fingerprint density at radius 3 is 2.77 bits per heavy atom. The maximum absolute atomic E-state index is 12.6. The van der Waals surface area contributed by atoms with Crippen LogP contribution >= 0.6 is 0 Å². The number of carbonyl (C=O) groups excluding carboxylic acids is 1. The van der Waals surface area contributed by atoms with E-state index in [2.05, 4.69) is 4.90 Å². The highest BCUT2D eigenvalue weighted by Gasteiger charge is 2.25. The first-order valence-corrected chi connectivity index (χ1v) is 9.54. The van der Waals surface area contributed by atoms with Crippen LogP contribution in [0.3, 0.4) is 0 Å². The van der Waals surface area contributed by atoms with E-state index in [-0.39, 0.29) is 11.8 Å². The number of carboxylic acid groups (broad SMARTS) is 1. The Labute approximate surface area is 154 Å². The zero-order chi connectivity index (χ0) is 18.4. The van der Waals surface area contributed by atoms with Gasteiger partial charge in [-0.3, -0.25) is 9.69 Å². The number of carboxylic acids is 1. The minimum absolute atomic E-state index is 0.220. The van der Waals surface area contributed by atoms with Gasteiger partial charge in [0.25, 0.3) is 0 Å². The molecule has 2 aliphatic rings. The Morgan fingerprint density at radius 1 is 1.19 bits per heavy atom. The van der Waals surface area contributed by atoms with Crippen LogP contribution in [0.15, 0.2) is 24.3 Å². The minimum Gasteiger partial charge on any atom is -0.478 e. The Bertz CT molecular complexity index is 628. The molecule has 1 unspecified atom stereocenters. The highest BCUT2D eigenvalue weighted by molar-refractivity contribution is 5.87. The van der Waals surface area contributed by atoms with Gasteiger partial charge in [0.05, 0.1) is 18.8 Å². The Kier molecular flexibility index (Phi) is 6.63. The Hall–Kier alpha value is -1.92. The average molecular weight is 360 g/mol. The molecule has 2 aliphatic heterocycles. The van der Waals surface area contributed by atoms with Gasteiger partial charge < -0.3 is 14.7 Å². The van der Waals surface area contributed by atoms with E-state index in [4.69, 9.17) is 4.74 Å². The number of morpholine rings is 1. The van der Waals surface area contributed by atoms with Gasteiger partial charge in [-0.1, -0.05) is 12.1 Å². The normalized spacial score (nSPS) is 21.5. The minimum atomic E-state index is -0.904. The van der Waals surface area contributed by atoms with Crippen molar-refractivity contribution in [3.8, 4) is 0 Å². The summed E-state index contributed by atoms with van der Waals surface area (Å²) in [5, 5.41) is 9.18. The second-order valence-corrected chi connectivity index (χ2v) is 7.17. The van der Waals surface area contributed by atoms with E-state index in [1.807, 2.05) is 11.0 Å². The van der Waals surface area contributed by atoms with Crippen LogP contribution in [0.1, 0.15) is 47.5 Å². The first kappa shape index (κ1) is 18.9. The molecule has 1 aromatic rings. The molecule has 6 heteroatoms. The van der Waals surface area contributed by atoms with Gasteiger partial charge in [0.15, 0.2) is 0 Å². The summed E-state index contributed by atoms with van der Waals surface area (Å²) in [6, 6.07) is 7.13. The fraction of sp³-hybridized carbons (Fsp3) is 0.600. The van der Waals surface area contributed by atoms with E-state index >= 15 is 0 Å². The van der Waals surface area contributed by atoms with E-state index in [9.17, 15) is 14.7 Å². The van der Waals surface area contributed by atoms with Crippen molar-refractivity contribution < 1.29 is 19.4 Å². The quantitative estimate of drug-likeness (QED) is 0.842. The summed E-state index contributed by atoms with van der Waals surface area (Å²) in [6.45, 7) is 5.95. The molecule has 1 amide bonds. The molecule has 142 valence electrons. The van der Waals surface area contributed by atoms with Crippen LogP contribution in [0.5, 0.6) is 0 Å². The van der Waals surface area contributed by atoms with Crippen molar-refractivity contribution in [3.63, 3.8) is 0 Å². The molecule has 3 rings (SSSR count). The van der Waals surface area contributed by atoms with E-state index < -0.39 is 5.97 Å². The second-order valence-electron chi connectivity index (χ2n) is 7.17. The van der Waals surface area contributed by atoms with Crippen molar-refractivity contribution in [1.29, 1.82) is 0 Å². The van der Waals surface area contributed by atoms with Crippen LogP contribution in [0.4, 0.5) is 0 Å². The van der Waals surface area contributed by atoms with Gasteiger partial charge in [-0.25, -0.2) is 4.79 Å². The standard InChI is InChI=1S/C20H28N2O4/c23-19(7-3-8-21-10-12-26-13-11-21)22-9-2-6-18(15-22)16-4-1-5-17(14-16)20(24)25/h1,4-5,14,18H,2-3,6-13,15H2,(H,24,25). The summed E-state index contributed by atoms with van der Waals surface area (Å²) < 4.78 is 5.35. The van der Waals surface area contributed by atoms with Crippen LogP contribution < -0.4 is 0 Å². The molecule has 2 fully saturated rings. The van der Waals surface area contributed by atoms with Crippen molar-refractivity contribution in [2.45, 2.75) is 31.6 Å². The zero-order valence-corrected chi connectivity index (χ0v) is 15.2. The van der Waals surface area contributed by atoms with Crippen LogP contribution in [0, 0.1) is 0 Å². The van der Waals surface area contributed by atoms with Gasteiger partial charge in [0.2, 0.25) is 5.91 Å². The summed E-state index contributed by atoms with van der Waals surface area (Å²) in [5.74, 6) is -0.456. The van der Waals surface area contributed by atoms with Gasteiger partial charge in [-0.05, 0) is 43.5 Å². The Morgan fingerprint density at radius 2 is 2.00 bits per heavy atom. The lowest BCUT2D eigenvalue weighted by molar-refractivity contribution is -0.132. The highest BCUT2D eigenvalue weighted by atomic mass is 16.5. The number of piperidine rings is 1. The van der Waals surface area contributed by atoms with E-state index in [0.717, 1.165) is 64.2 Å². The third-order valence-electron chi connectivity index (χ3n) is 5.35. The second kappa shape index (κ2) is 9.14. The number of rotatable bonds is 6. The van der Waals surface area contributed by atoms with E-state index in [1.54, 1.807) is 18.2 Å². The molecule has 2 heterocycles. The summed E-state index contributed by atoms with van der Waals surface area (Å²) in [6.07, 6.45) is 3.44. The average Bonchev–Trinajstić information content (AvgIpc) is 2.69. The Balaban J connectivity index is 1.50. The monoisotopic (exact) mass is 360 g/mol. The van der Waals surface area contributed by atoms with Crippen molar-refractivity contribution in [3.05, 3.63) is 35.4 Å². The number of likely N-dealkylation sites (tertiary alicyclic amines) is 1. The van der Waals surface area contributed by atoms with Gasteiger partial charge in [0, 0.05) is 38.5 Å². The number of carbonyl (C=O) groups is 2. The lowest BCUT2D eigenvalue weighted by Gasteiger charge is -2.33. The molecule has 1 N–H and O–H groups in total. The number of nitrogens with zero attached hydrogens (tertiary/aromatic N) is 2. The first-order valence-electron chi connectivity index (χ1n) is 9.54. The SMILES string of the molecule is O=C(O)c1cccc(C2CCCN(C(=O)CCCN3CCOCC3)C2)c1. The van der Waals surface area contributed by atoms with Crippen LogP contribution in [0.2, 0.25) is 0 Å². The summed E-state index contributed by atoms with van der Waals surface area (Å²) in [5.41, 5.74) is 1.34. The molecular formula is C20H28N2O4. The largest absolute Gasteiger partial charge is 0.478 e. The number of ether oxygens (including phenoxy) is 1. The summed E-state index contributed by atoms with van der Waals surface area (Å²) >= 11 is 0. The number of hydrogen-bond donors (Lipinski definition) is 1. The van der Waals surface area contributed by atoms with Crippen molar-refractivity contribution in [2.75, 3.05) is 45.9 Å². The van der Waals surface area contributed by atoms with Crippen molar-refractivity contribution >= 4 is 11.9 Å². The maximum atomic E-state index is 12.6. The summed E-state index contributed by atoms with van der Waals surface area (Å²) in [7, 11) is 0. The lowest BCUT2D eigenvalue weighted by Crippen LogP contribution is -2.40. The number of hydrogen-bond acceptors (Lipinski definition) is 4. The number of amides is 1. The topological polar surface area (TPSA) is 70.1 Å². The third-order valence-corrected chi connectivity index (χ3v) is 5.35. The molecule has 0 bridgehead atoms. The molecule has 0 saturated carbocycles. The van der Waals surface area contributed by atoms with Gasteiger partial charge in [0.1, 0.15) is 0 Å². The fourth-order valence-electron chi connectivity index (χ4n) is 3.84. The van der Waals surface area contributed by atoms with Crippen LogP contribution in [-0.2, 0) is 9.53 Å². The highest BCUT2D eigenvalue weighted by Crippen LogP contribution is 2.28. The smallest absolute Gasteiger partial charge is 0.335 e. The van der Waals surface area contributed by atoms with Gasteiger partial charge in [-0.2, -0.15) is 0 Å². The van der Waals surface area contributed by atoms with Gasteiger partial charge in [-0.15, -0.1) is 0 Å². The predicted octanol–water partition coefficient (Wildman–Crippen LogP) is 2.20. The molecule has 26 heavy (non-hydrogen) atoms. The molecule has 1 atom stereocenters. The molecule has 1 aromatic carbocycles. The molecule has 0 spiro atoms. The molecule has 0 radical (unpaired) electrons. The van der Waals surface area contributed by atoms with Crippen LogP contribution in [-0.4, -0.2) is 72.7 Å².